The Morgan fingerprint density at radius 2 is 1.83 bits per heavy atom. The van der Waals surface area contributed by atoms with Crippen molar-refractivity contribution in [3.63, 3.8) is 0 Å². The van der Waals surface area contributed by atoms with Crippen molar-refractivity contribution < 1.29 is 0 Å². The van der Waals surface area contributed by atoms with Crippen molar-refractivity contribution in [1.29, 1.82) is 0 Å². The van der Waals surface area contributed by atoms with Crippen molar-refractivity contribution in [3.05, 3.63) is 33.0 Å². The van der Waals surface area contributed by atoms with Gasteiger partial charge in [-0.25, -0.2) is 0 Å². The van der Waals surface area contributed by atoms with Crippen LogP contribution < -0.4 is 0 Å². The third kappa shape index (κ3) is 1.43. The highest BCUT2D eigenvalue weighted by Gasteiger charge is 2.43. The van der Waals surface area contributed by atoms with Crippen LogP contribution in [-0.2, 0) is 0 Å². The number of hydrogen-bond donors (Lipinski definition) is 0. The van der Waals surface area contributed by atoms with Gasteiger partial charge >= 0.3 is 0 Å². The Balaban J connectivity index is 1.76. The van der Waals surface area contributed by atoms with E-state index in [-0.39, 0.29) is 0 Å². The van der Waals surface area contributed by atoms with Crippen LogP contribution in [-0.4, -0.2) is 0 Å². The minimum absolute atomic E-state index is 0.799. The van der Waals surface area contributed by atoms with E-state index < -0.39 is 0 Å². The zero-order valence-corrected chi connectivity index (χ0v) is 12.2. The van der Waals surface area contributed by atoms with Gasteiger partial charge in [-0.1, -0.05) is 18.1 Å². The predicted molar refractivity (Wildman–Crippen MR) is 78.2 cm³/mol. The largest absolute Gasteiger partial charge is 0.152 e. The van der Waals surface area contributed by atoms with E-state index in [1.165, 1.54) is 32.1 Å². The zero-order valence-electron chi connectivity index (χ0n) is 11.4. The molecule has 0 aromatic carbocycles. The summed E-state index contributed by atoms with van der Waals surface area (Å²) in [5.41, 5.74) is 7.01. The topological polar surface area (TPSA) is 0 Å². The first-order chi connectivity index (χ1) is 8.75. The first-order valence-corrected chi connectivity index (χ1v) is 8.44. The number of hydrogen-bond acceptors (Lipinski definition) is 1. The molecule has 0 aliphatic heterocycles. The lowest BCUT2D eigenvalue weighted by Gasteiger charge is -2.43. The first kappa shape index (κ1) is 11.3. The Morgan fingerprint density at radius 3 is 2.72 bits per heavy atom. The Kier molecular flexibility index (Phi) is 2.49. The molecule has 0 saturated heterocycles. The van der Waals surface area contributed by atoms with Crippen molar-refractivity contribution in [3.8, 4) is 0 Å². The van der Waals surface area contributed by atoms with E-state index in [1.807, 2.05) is 16.9 Å². The van der Waals surface area contributed by atoms with Crippen molar-refractivity contribution >= 4 is 11.3 Å². The molecule has 3 aliphatic carbocycles. The molecule has 1 heteroatoms. The molecule has 4 rings (SSSR count). The van der Waals surface area contributed by atoms with Gasteiger partial charge in [0.15, 0.2) is 0 Å². The summed E-state index contributed by atoms with van der Waals surface area (Å²) in [6.07, 6.45) is 7.09. The molecule has 0 radical (unpaired) electrons. The highest BCUT2D eigenvalue weighted by Crippen LogP contribution is 2.57. The van der Waals surface area contributed by atoms with E-state index >= 15 is 0 Å². The van der Waals surface area contributed by atoms with Crippen LogP contribution in [0, 0.1) is 11.8 Å². The monoisotopic (exact) mass is 258 g/mol. The van der Waals surface area contributed by atoms with Gasteiger partial charge in [-0.3, -0.25) is 0 Å². The molecule has 1 unspecified atom stereocenters. The smallest absolute Gasteiger partial charge is 0.00554 e. The van der Waals surface area contributed by atoms with E-state index in [4.69, 9.17) is 0 Å². The molecular weight excluding hydrogens is 236 g/mol. The van der Waals surface area contributed by atoms with Crippen molar-refractivity contribution in [2.24, 2.45) is 11.8 Å². The average molecular weight is 258 g/mol. The van der Waals surface area contributed by atoms with Gasteiger partial charge in [0.2, 0.25) is 0 Å². The molecule has 1 heterocycles. The molecule has 1 aromatic rings. The molecule has 3 aliphatic rings. The van der Waals surface area contributed by atoms with Gasteiger partial charge in [-0.05, 0) is 84.6 Å². The summed E-state index contributed by atoms with van der Waals surface area (Å²) in [7, 11) is 0. The zero-order chi connectivity index (χ0) is 12.3. The Labute approximate surface area is 114 Å². The maximum absolute atomic E-state index is 2.46. The van der Waals surface area contributed by atoms with Crippen LogP contribution in [0.3, 0.4) is 0 Å². The van der Waals surface area contributed by atoms with E-state index in [0.717, 1.165) is 23.7 Å². The highest BCUT2D eigenvalue weighted by molar-refractivity contribution is 7.08. The maximum atomic E-state index is 2.46. The summed E-state index contributed by atoms with van der Waals surface area (Å²) in [6.45, 7) is 4.83. The quantitative estimate of drug-likeness (QED) is 0.541. The van der Waals surface area contributed by atoms with Gasteiger partial charge in [-0.2, -0.15) is 11.3 Å². The maximum Gasteiger partial charge on any atom is -0.00554 e. The molecule has 0 spiro atoms. The van der Waals surface area contributed by atoms with Crippen LogP contribution in [0.15, 0.2) is 21.9 Å². The molecule has 0 amide bonds. The minimum Gasteiger partial charge on any atom is -0.152 e. The normalized spacial score (nSPS) is 38.3. The van der Waals surface area contributed by atoms with Gasteiger partial charge in [0.25, 0.3) is 0 Å². The highest BCUT2D eigenvalue weighted by atomic mass is 32.1. The lowest BCUT2D eigenvalue weighted by atomic mass is 9.61. The van der Waals surface area contributed by atoms with E-state index in [1.54, 1.807) is 16.7 Å². The van der Waals surface area contributed by atoms with Gasteiger partial charge < -0.3 is 0 Å². The lowest BCUT2D eigenvalue weighted by molar-refractivity contribution is 0.220. The summed E-state index contributed by atoms with van der Waals surface area (Å²) in [4.78, 5) is 0. The molecule has 0 N–H and O–H groups in total. The van der Waals surface area contributed by atoms with Gasteiger partial charge in [-0.15, -0.1) is 0 Å². The third-order valence-corrected chi connectivity index (χ3v) is 6.64. The van der Waals surface area contributed by atoms with Gasteiger partial charge in [0.1, 0.15) is 0 Å². The average Bonchev–Trinajstić information content (AvgIpc) is 2.97. The minimum atomic E-state index is 0.799. The van der Waals surface area contributed by atoms with E-state index in [9.17, 15) is 0 Å². The van der Waals surface area contributed by atoms with Crippen LogP contribution in [0.4, 0.5) is 0 Å². The summed E-state index contributed by atoms with van der Waals surface area (Å²) in [5.74, 6) is 3.59. The number of thiophene rings is 1. The molecular formula is C17H22S. The fraction of sp³-hybridized carbons (Fsp3) is 0.647. The van der Waals surface area contributed by atoms with Crippen LogP contribution in [0.2, 0.25) is 0 Å². The predicted octanol–water partition coefficient (Wildman–Crippen LogP) is 5.48. The summed E-state index contributed by atoms with van der Waals surface area (Å²) >= 11 is 1.93. The number of allylic oxidation sites excluding steroid dienone is 2. The second-order valence-corrected chi connectivity index (χ2v) is 7.42. The Morgan fingerprint density at radius 1 is 1.06 bits per heavy atom. The molecule has 0 nitrogen and oxygen atoms in total. The number of fused-ring (bicyclic) bond motifs is 5. The molecule has 0 bridgehead atoms. The first-order valence-electron chi connectivity index (χ1n) is 7.50. The Bertz CT molecular complexity index is 507. The van der Waals surface area contributed by atoms with Gasteiger partial charge in [0, 0.05) is 0 Å². The summed E-state index contributed by atoms with van der Waals surface area (Å²) in [6, 6.07) is 0. The number of rotatable bonds is 0. The fourth-order valence-electron chi connectivity index (χ4n) is 4.97. The molecule has 1 saturated carbocycles. The molecule has 1 fully saturated rings. The summed E-state index contributed by atoms with van der Waals surface area (Å²) < 4.78 is 0. The second-order valence-electron chi connectivity index (χ2n) is 6.68. The van der Waals surface area contributed by atoms with Crippen molar-refractivity contribution in [2.75, 3.05) is 0 Å². The van der Waals surface area contributed by atoms with Crippen LogP contribution in [0.1, 0.15) is 68.9 Å². The molecule has 4 atom stereocenters. The van der Waals surface area contributed by atoms with Crippen molar-refractivity contribution in [1.82, 2.24) is 0 Å². The van der Waals surface area contributed by atoms with Gasteiger partial charge in [0.05, 0.1) is 0 Å². The lowest BCUT2D eigenvalue weighted by Crippen LogP contribution is -2.32. The third-order valence-electron chi connectivity index (χ3n) is 5.86. The summed E-state index contributed by atoms with van der Waals surface area (Å²) in [5, 5.41) is 4.88. The van der Waals surface area contributed by atoms with Crippen LogP contribution >= 0.6 is 11.3 Å². The second kappa shape index (κ2) is 3.96. The SMILES string of the molecule is CC1=C2CC[C@@H]3c4cscc4C(C)C[C@H]3[C@@H]2CC1. The standard InChI is InChI=1S/C17H22S/c1-10-3-4-13-12(10)5-6-14-15(13)7-11(2)16-8-18-9-17(14)16/h8-9,11,13-15H,3-7H2,1-2H3/t11?,13-,14+,15+/m1/s1. The van der Waals surface area contributed by atoms with E-state index in [0.29, 0.717) is 0 Å². The van der Waals surface area contributed by atoms with Crippen LogP contribution in [0.25, 0.3) is 0 Å². The van der Waals surface area contributed by atoms with Crippen LogP contribution in [0.5, 0.6) is 0 Å². The van der Waals surface area contributed by atoms with E-state index in [2.05, 4.69) is 24.6 Å². The molecule has 1 aromatic heterocycles. The Hall–Kier alpha value is -0.560. The molecule has 96 valence electrons. The fourth-order valence-corrected chi connectivity index (χ4v) is 6.01. The molecule has 18 heavy (non-hydrogen) atoms. The van der Waals surface area contributed by atoms with Crippen molar-refractivity contribution in [2.45, 2.75) is 57.8 Å².